The van der Waals surface area contributed by atoms with Crippen molar-refractivity contribution in [3.63, 3.8) is 0 Å². The maximum atomic E-state index is 12.9. The van der Waals surface area contributed by atoms with E-state index in [0.29, 0.717) is 23.7 Å². The van der Waals surface area contributed by atoms with Crippen LogP contribution >= 0.6 is 0 Å². The minimum absolute atomic E-state index is 0.0796. The smallest absolute Gasteiger partial charge is 0.255 e. The number of carbonyl (C=O) groups is 1. The quantitative estimate of drug-likeness (QED) is 0.815. The lowest BCUT2D eigenvalue weighted by atomic mass is 9.97. The zero-order valence-corrected chi connectivity index (χ0v) is 16.6. The Balaban J connectivity index is 1.27. The molecule has 3 fully saturated rings. The second-order valence-corrected chi connectivity index (χ2v) is 8.51. The summed E-state index contributed by atoms with van der Waals surface area (Å²) in [5.41, 5.74) is 2.32. The van der Waals surface area contributed by atoms with Crippen molar-refractivity contribution in [2.75, 3.05) is 32.8 Å². The summed E-state index contributed by atoms with van der Waals surface area (Å²) in [6, 6.07) is 3.44. The van der Waals surface area contributed by atoms with E-state index in [-0.39, 0.29) is 5.91 Å². The third kappa shape index (κ3) is 3.20. The summed E-state index contributed by atoms with van der Waals surface area (Å²) in [5.74, 6) is 0.0796. The van der Waals surface area contributed by atoms with Gasteiger partial charge in [-0.1, -0.05) is 6.42 Å². The predicted molar refractivity (Wildman–Crippen MR) is 106 cm³/mol. The SMILES string of the molecule is CC1CCCCN1C1CN(C(=O)c2cnc3c(c2)ncn3C2CCOCC2)C1. The Morgan fingerprint density at radius 1 is 1.11 bits per heavy atom. The molecule has 0 radical (unpaired) electrons. The van der Waals surface area contributed by atoms with E-state index in [0.717, 1.165) is 50.3 Å². The number of nitrogens with zero attached hydrogens (tertiary/aromatic N) is 5. The van der Waals surface area contributed by atoms with E-state index in [1.165, 1.54) is 25.8 Å². The first kappa shape index (κ1) is 18.1. The average Bonchev–Trinajstić information content (AvgIpc) is 3.12. The topological polar surface area (TPSA) is 63.5 Å². The number of imidazole rings is 1. The molecule has 0 aromatic carbocycles. The normalized spacial score (nSPS) is 25.2. The summed E-state index contributed by atoms with van der Waals surface area (Å²) in [7, 11) is 0. The lowest BCUT2D eigenvalue weighted by Gasteiger charge is -2.49. The van der Waals surface area contributed by atoms with Crippen LogP contribution in [0.15, 0.2) is 18.6 Å². The van der Waals surface area contributed by atoms with Gasteiger partial charge in [0.1, 0.15) is 5.52 Å². The largest absolute Gasteiger partial charge is 0.381 e. The minimum Gasteiger partial charge on any atom is -0.381 e. The molecular formula is C21H29N5O2. The summed E-state index contributed by atoms with van der Waals surface area (Å²) in [5, 5.41) is 0. The molecule has 0 spiro atoms. The van der Waals surface area contributed by atoms with Gasteiger partial charge in [0.25, 0.3) is 5.91 Å². The number of hydrogen-bond donors (Lipinski definition) is 0. The molecule has 3 aliphatic rings. The van der Waals surface area contributed by atoms with E-state index in [2.05, 4.69) is 26.4 Å². The molecule has 7 heteroatoms. The minimum atomic E-state index is 0.0796. The maximum absolute atomic E-state index is 12.9. The van der Waals surface area contributed by atoms with Crippen molar-refractivity contribution in [1.29, 1.82) is 0 Å². The van der Waals surface area contributed by atoms with Crippen LogP contribution in [-0.4, -0.2) is 75.2 Å². The molecule has 0 aliphatic carbocycles. The maximum Gasteiger partial charge on any atom is 0.255 e. The fourth-order valence-corrected chi connectivity index (χ4v) is 4.94. The van der Waals surface area contributed by atoms with Crippen molar-refractivity contribution in [2.45, 2.75) is 57.2 Å². The van der Waals surface area contributed by atoms with Crippen LogP contribution in [0.25, 0.3) is 11.2 Å². The van der Waals surface area contributed by atoms with Crippen LogP contribution in [0.1, 0.15) is 55.4 Å². The molecule has 5 heterocycles. The molecule has 0 N–H and O–H groups in total. The fraction of sp³-hybridized carbons (Fsp3) is 0.667. The fourth-order valence-electron chi connectivity index (χ4n) is 4.94. The number of piperidine rings is 1. The molecule has 150 valence electrons. The highest BCUT2D eigenvalue weighted by atomic mass is 16.5. The molecule has 0 saturated carbocycles. The molecule has 1 atom stereocenters. The molecule has 3 saturated heterocycles. The lowest BCUT2D eigenvalue weighted by Crippen LogP contribution is -2.63. The lowest BCUT2D eigenvalue weighted by molar-refractivity contribution is 0.00211. The van der Waals surface area contributed by atoms with Crippen molar-refractivity contribution < 1.29 is 9.53 Å². The number of pyridine rings is 1. The van der Waals surface area contributed by atoms with E-state index >= 15 is 0 Å². The molecule has 2 aromatic heterocycles. The number of likely N-dealkylation sites (tertiary alicyclic amines) is 2. The molecule has 7 nitrogen and oxygen atoms in total. The molecule has 3 aliphatic heterocycles. The highest BCUT2D eigenvalue weighted by Crippen LogP contribution is 2.27. The number of rotatable bonds is 3. The van der Waals surface area contributed by atoms with Gasteiger partial charge in [-0.05, 0) is 45.2 Å². The number of fused-ring (bicyclic) bond motifs is 1. The Hall–Kier alpha value is -1.99. The number of amides is 1. The summed E-state index contributed by atoms with van der Waals surface area (Å²) in [4.78, 5) is 26.6. The highest BCUT2D eigenvalue weighted by molar-refractivity contribution is 5.96. The van der Waals surface area contributed by atoms with Gasteiger partial charge in [-0.25, -0.2) is 9.97 Å². The zero-order valence-electron chi connectivity index (χ0n) is 16.6. The molecule has 2 aromatic rings. The van der Waals surface area contributed by atoms with Crippen LogP contribution in [0.4, 0.5) is 0 Å². The second-order valence-electron chi connectivity index (χ2n) is 8.51. The van der Waals surface area contributed by atoms with Gasteiger partial charge in [0.2, 0.25) is 0 Å². The summed E-state index contributed by atoms with van der Waals surface area (Å²) >= 11 is 0. The van der Waals surface area contributed by atoms with E-state index in [1.807, 2.05) is 17.3 Å². The van der Waals surface area contributed by atoms with Gasteiger partial charge in [-0.15, -0.1) is 0 Å². The number of carbonyl (C=O) groups excluding carboxylic acids is 1. The third-order valence-corrected chi connectivity index (χ3v) is 6.72. The van der Waals surface area contributed by atoms with E-state index in [4.69, 9.17) is 4.74 Å². The van der Waals surface area contributed by atoms with Gasteiger partial charge in [0.05, 0.1) is 11.9 Å². The van der Waals surface area contributed by atoms with E-state index in [1.54, 1.807) is 6.20 Å². The zero-order chi connectivity index (χ0) is 19.1. The summed E-state index contributed by atoms with van der Waals surface area (Å²) in [6.07, 6.45) is 9.44. The van der Waals surface area contributed by atoms with E-state index in [9.17, 15) is 4.79 Å². The van der Waals surface area contributed by atoms with Gasteiger partial charge in [-0.3, -0.25) is 9.69 Å². The molecule has 28 heavy (non-hydrogen) atoms. The molecule has 5 rings (SSSR count). The number of hydrogen-bond acceptors (Lipinski definition) is 5. The Labute approximate surface area is 165 Å². The van der Waals surface area contributed by atoms with Crippen LogP contribution in [0.3, 0.4) is 0 Å². The standard InChI is InChI=1S/C21H29N5O2/c1-15-4-2-3-7-25(15)18-12-24(13-18)21(27)16-10-19-20(22-11-16)26(14-23-19)17-5-8-28-9-6-17/h10-11,14-15,17-18H,2-9,12-13H2,1H3. The highest BCUT2D eigenvalue weighted by Gasteiger charge is 2.37. The van der Waals surface area contributed by atoms with Gasteiger partial charge < -0.3 is 14.2 Å². The van der Waals surface area contributed by atoms with Crippen molar-refractivity contribution in [3.8, 4) is 0 Å². The Morgan fingerprint density at radius 2 is 1.93 bits per heavy atom. The van der Waals surface area contributed by atoms with Gasteiger partial charge in [0, 0.05) is 50.6 Å². The Morgan fingerprint density at radius 3 is 2.71 bits per heavy atom. The Kier molecular flexibility index (Phi) is 4.80. The van der Waals surface area contributed by atoms with Crippen LogP contribution in [0.2, 0.25) is 0 Å². The molecule has 1 amide bonds. The first-order valence-electron chi connectivity index (χ1n) is 10.7. The predicted octanol–water partition coefficient (Wildman–Crippen LogP) is 2.48. The average molecular weight is 383 g/mol. The van der Waals surface area contributed by atoms with Crippen LogP contribution in [0, 0.1) is 0 Å². The second kappa shape index (κ2) is 7.44. The number of aromatic nitrogens is 3. The summed E-state index contributed by atoms with van der Waals surface area (Å²) < 4.78 is 7.60. The number of ether oxygens (including phenoxy) is 1. The third-order valence-electron chi connectivity index (χ3n) is 6.72. The van der Waals surface area contributed by atoms with E-state index < -0.39 is 0 Å². The van der Waals surface area contributed by atoms with Crippen molar-refractivity contribution in [2.24, 2.45) is 0 Å². The van der Waals surface area contributed by atoms with Gasteiger partial charge in [0.15, 0.2) is 5.65 Å². The molecule has 1 unspecified atom stereocenters. The van der Waals surface area contributed by atoms with Crippen LogP contribution in [-0.2, 0) is 4.74 Å². The van der Waals surface area contributed by atoms with Gasteiger partial charge in [-0.2, -0.15) is 0 Å². The monoisotopic (exact) mass is 383 g/mol. The van der Waals surface area contributed by atoms with Crippen LogP contribution in [0.5, 0.6) is 0 Å². The van der Waals surface area contributed by atoms with Crippen molar-refractivity contribution in [3.05, 3.63) is 24.2 Å². The first-order chi connectivity index (χ1) is 13.7. The summed E-state index contributed by atoms with van der Waals surface area (Å²) in [6.45, 7) is 6.72. The first-order valence-corrected chi connectivity index (χ1v) is 10.7. The van der Waals surface area contributed by atoms with Crippen LogP contribution < -0.4 is 0 Å². The molecule has 0 bridgehead atoms. The van der Waals surface area contributed by atoms with Gasteiger partial charge >= 0.3 is 0 Å². The molecular weight excluding hydrogens is 354 g/mol. The Bertz CT molecular complexity index is 854. The van der Waals surface area contributed by atoms with Crippen molar-refractivity contribution in [1.82, 2.24) is 24.3 Å². The van der Waals surface area contributed by atoms with Crippen molar-refractivity contribution >= 4 is 17.1 Å².